The Hall–Kier alpha value is -2.12. The van der Waals surface area contributed by atoms with E-state index in [1.54, 1.807) is 25.6 Å². The number of hydrogen-bond acceptors (Lipinski definition) is 7. The number of hydrogen-bond donors (Lipinski definition) is 1. The van der Waals surface area contributed by atoms with Crippen molar-refractivity contribution in [3.8, 4) is 11.5 Å². The van der Waals surface area contributed by atoms with Gasteiger partial charge in [-0.05, 0) is 34.5 Å². The highest BCUT2D eigenvalue weighted by Crippen LogP contribution is 2.47. The molecule has 7 heteroatoms. The molecule has 0 saturated carbocycles. The predicted molar refractivity (Wildman–Crippen MR) is 80.2 cm³/mol. The van der Waals surface area contributed by atoms with Gasteiger partial charge < -0.3 is 9.47 Å². The Morgan fingerprint density at radius 3 is 2.48 bits per heavy atom. The maximum absolute atomic E-state index is 5.98. The molecule has 2 N–H and O–H groups in total. The van der Waals surface area contributed by atoms with E-state index in [2.05, 4.69) is 15.7 Å². The molecular formula is C14H16N4O2S. The SMILES string of the molecule is COc1cccc(OC)c1C1N=NN(N)C1c1ccsc1. The highest BCUT2D eigenvalue weighted by molar-refractivity contribution is 7.07. The highest BCUT2D eigenvalue weighted by atomic mass is 32.1. The van der Waals surface area contributed by atoms with Crippen molar-refractivity contribution in [1.29, 1.82) is 0 Å². The van der Waals surface area contributed by atoms with Crippen LogP contribution in [0.5, 0.6) is 11.5 Å². The molecule has 2 heterocycles. The molecule has 1 aromatic heterocycles. The normalized spacial score (nSPS) is 20.8. The molecule has 0 amide bonds. The maximum Gasteiger partial charge on any atom is 0.133 e. The van der Waals surface area contributed by atoms with Gasteiger partial charge in [0.05, 0.1) is 19.8 Å². The fourth-order valence-electron chi connectivity index (χ4n) is 2.54. The summed E-state index contributed by atoms with van der Waals surface area (Å²) in [5.74, 6) is 7.41. The zero-order chi connectivity index (χ0) is 14.8. The van der Waals surface area contributed by atoms with E-state index in [-0.39, 0.29) is 12.1 Å². The summed E-state index contributed by atoms with van der Waals surface area (Å²) in [5, 5.41) is 13.8. The minimum Gasteiger partial charge on any atom is -0.496 e. The van der Waals surface area contributed by atoms with Crippen LogP contribution in [-0.2, 0) is 0 Å². The van der Waals surface area contributed by atoms with E-state index in [0.29, 0.717) is 11.5 Å². The van der Waals surface area contributed by atoms with Gasteiger partial charge in [0, 0.05) is 0 Å². The highest BCUT2D eigenvalue weighted by Gasteiger charge is 2.37. The van der Waals surface area contributed by atoms with E-state index >= 15 is 0 Å². The topological polar surface area (TPSA) is 72.4 Å². The third-order valence-corrected chi connectivity index (χ3v) is 4.21. The summed E-state index contributed by atoms with van der Waals surface area (Å²) in [5.41, 5.74) is 1.93. The fourth-order valence-corrected chi connectivity index (χ4v) is 3.23. The van der Waals surface area contributed by atoms with Crippen LogP contribution in [0, 0.1) is 0 Å². The Balaban J connectivity index is 2.09. The number of hydrazine groups is 1. The van der Waals surface area contributed by atoms with Crippen LogP contribution < -0.4 is 15.3 Å². The molecule has 0 bridgehead atoms. The molecule has 0 fully saturated rings. The van der Waals surface area contributed by atoms with E-state index in [4.69, 9.17) is 15.3 Å². The van der Waals surface area contributed by atoms with Crippen LogP contribution in [-0.4, -0.2) is 19.3 Å². The lowest BCUT2D eigenvalue weighted by atomic mass is 9.94. The van der Waals surface area contributed by atoms with Crippen LogP contribution in [0.4, 0.5) is 0 Å². The van der Waals surface area contributed by atoms with E-state index in [0.717, 1.165) is 11.1 Å². The lowest BCUT2D eigenvalue weighted by Gasteiger charge is -2.23. The first-order valence-electron chi connectivity index (χ1n) is 6.44. The standard InChI is InChI=1S/C14H16N4O2S/c1-19-10-4-3-5-11(20-2)12(10)13-14(18(15)17-16-13)9-6-7-21-8-9/h3-8,13-14H,15H2,1-2H3. The zero-order valence-electron chi connectivity index (χ0n) is 11.8. The minimum absolute atomic E-state index is 0.165. The molecule has 1 aromatic carbocycles. The number of benzene rings is 1. The number of nitrogens with zero attached hydrogens (tertiary/aromatic N) is 3. The summed E-state index contributed by atoms with van der Waals surface area (Å²) < 4.78 is 10.9. The summed E-state index contributed by atoms with van der Waals surface area (Å²) in [4.78, 5) is 0. The second-order valence-electron chi connectivity index (χ2n) is 4.61. The third kappa shape index (κ3) is 2.34. The van der Waals surface area contributed by atoms with E-state index < -0.39 is 0 Å². The first-order valence-corrected chi connectivity index (χ1v) is 7.38. The Morgan fingerprint density at radius 1 is 1.19 bits per heavy atom. The van der Waals surface area contributed by atoms with Crippen LogP contribution in [0.3, 0.4) is 0 Å². The van der Waals surface area contributed by atoms with Gasteiger partial charge in [-0.1, -0.05) is 11.3 Å². The van der Waals surface area contributed by atoms with E-state index in [9.17, 15) is 0 Å². The Morgan fingerprint density at radius 2 is 1.90 bits per heavy atom. The first kappa shape index (κ1) is 13.8. The molecule has 1 aliphatic rings. The average Bonchev–Trinajstić information content (AvgIpc) is 3.15. The average molecular weight is 304 g/mol. The van der Waals surface area contributed by atoms with Gasteiger partial charge in [0.2, 0.25) is 0 Å². The molecule has 0 aliphatic carbocycles. The molecular weight excluding hydrogens is 288 g/mol. The number of ether oxygens (including phenoxy) is 2. The van der Waals surface area contributed by atoms with Crippen LogP contribution in [0.15, 0.2) is 45.4 Å². The van der Waals surface area contributed by atoms with E-state index in [1.807, 2.05) is 29.6 Å². The van der Waals surface area contributed by atoms with Crippen molar-refractivity contribution in [2.45, 2.75) is 12.1 Å². The Bertz CT molecular complexity index is 622. The molecule has 1 aliphatic heterocycles. The third-order valence-electron chi connectivity index (χ3n) is 3.51. The van der Waals surface area contributed by atoms with Gasteiger partial charge in [0.15, 0.2) is 0 Å². The van der Waals surface area contributed by atoms with Crippen molar-refractivity contribution in [3.63, 3.8) is 0 Å². The number of nitrogens with two attached hydrogens (primary N) is 1. The predicted octanol–water partition coefficient (Wildman–Crippen LogP) is 3.10. The van der Waals surface area contributed by atoms with Crippen molar-refractivity contribution in [2.75, 3.05) is 14.2 Å². The van der Waals surface area contributed by atoms with Crippen LogP contribution in [0.2, 0.25) is 0 Å². The summed E-state index contributed by atoms with van der Waals surface area (Å²) in [6, 6.07) is 7.25. The van der Waals surface area contributed by atoms with Gasteiger partial charge in [0.25, 0.3) is 0 Å². The zero-order valence-corrected chi connectivity index (χ0v) is 12.6. The summed E-state index contributed by atoms with van der Waals surface area (Å²) >= 11 is 1.62. The fraction of sp³-hybridized carbons (Fsp3) is 0.286. The number of rotatable bonds is 4. The lowest BCUT2D eigenvalue weighted by Crippen LogP contribution is -2.29. The number of methoxy groups -OCH3 is 2. The Kier molecular flexibility index (Phi) is 3.76. The van der Waals surface area contributed by atoms with Crippen molar-refractivity contribution >= 4 is 11.3 Å². The molecule has 3 rings (SSSR count). The van der Waals surface area contributed by atoms with Gasteiger partial charge in [-0.3, -0.25) is 0 Å². The van der Waals surface area contributed by atoms with Gasteiger partial charge in [-0.25, -0.2) is 11.0 Å². The lowest BCUT2D eigenvalue weighted by molar-refractivity contribution is 0.225. The van der Waals surface area contributed by atoms with Gasteiger partial charge in [-0.2, -0.15) is 16.5 Å². The second kappa shape index (κ2) is 5.71. The largest absolute Gasteiger partial charge is 0.496 e. The molecule has 2 unspecified atom stereocenters. The van der Waals surface area contributed by atoms with Crippen molar-refractivity contribution in [2.24, 2.45) is 16.2 Å². The summed E-state index contributed by atoms with van der Waals surface area (Å²) in [6.45, 7) is 0. The molecule has 2 atom stereocenters. The molecule has 0 radical (unpaired) electrons. The van der Waals surface area contributed by atoms with Crippen molar-refractivity contribution in [1.82, 2.24) is 5.12 Å². The molecule has 21 heavy (non-hydrogen) atoms. The van der Waals surface area contributed by atoms with Gasteiger partial charge >= 0.3 is 0 Å². The van der Waals surface area contributed by atoms with Crippen LogP contribution in [0.25, 0.3) is 0 Å². The smallest absolute Gasteiger partial charge is 0.133 e. The number of thiophene rings is 1. The first-order chi connectivity index (χ1) is 10.3. The maximum atomic E-state index is 5.98. The quantitative estimate of drug-likeness (QED) is 0.881. The molecule has 0 saturated heterocycles. The second-order valence-corrected chi connectivity index (χ2v) is 5.39. The van der Waals surface area contributed by atoms with Crippen LogP contribution >= 0.6 is 11.3 Å². The molecule has 6 nitrogen and oxygen atoms in total. The van der Waals surface area contributed by atoms with Crippen LogP contribution in [0.1, 0.15) is 23.2 Å². The van der Waals surface area contributed by atoms with E-state index in [1.165, 1.54) is 5.12 Å². The van der Waals surface area contributed by atoms with Gasteiger partial charge in [-0.15, -0.1) is 0 Å². The van der Waals surface area contributed by atoms with Gasteiger partial charge in [0.1, 0.15) is 23.6 Å². The van der Waals surface area contributed by atoms with Crippen molar-refractivity contribution < 1.29 is 9.47 Å². The molecule has 0 spiro atoms. The Labute approximate surface area is 126 Å². The molecule has 2 aromatic rings. The summed E-state index contributed by atoms with van der Waals surface area (Å²) in [7, 11) is 3.26. The monoisotopic (exact) mass is 304 g/mol. The summed E-state index contributed by atoms with van der Waals surface area (Å²) in [6.07, 6.45) is 0. The minimum atomic E-state index is -0.268. The molecule has 110 valence electrons. The van der Waals surface area contributed by atoms with Crippen molar-refractivity contribution in [3.05, 3.63) is 46.2 Å².